The van der Waals surface area contributed by atoms with Crippen molar-refractivity contribution < 1.29 is 18.7 Å². The molecule has 6 rings (SSSR count). The fourth-order valence-electron chi connectivity index (χ4n) is 6.43. The van der Waals surface area contributed by atoms with Crippen LogP contribution in [0.5, 0.6) is 0 Å². The number of pyridine rings is 1. The summed E-state index contributed by atoms with van der Waals surface area (Å²) in [7, 11) is 2.76. The number of amides is 1. The number of nitrogens with one attached hydrogen (secondary N) is 1. The molecule has 0 saturated heterocycles. The number of carbonyl (C=O) groups is 2. The Labute approximate surface area is 275 Å². The van der Waals surface area contributed by atoms with Gasteiger partial charge >= 0.3 is 5.97 Å². The van der Waals surface area contributed by atoms with Gasteiger partial charge < -0.3 is 14.6 Å². The summed E-state index contributed by atoms with van der Waals surface area (Å²) in [6, 6.07) is 23.8. The number of carbonyl (C=O) groups excluding carboxylic acids is 2. The molecule has 1 amide bonds. The number of nitrogens with zero attached hydrogens (tertiary/aromatic N) is 3. The van der Waals surface area contributed by atoms with Crippen LogP contribution in [-0.2, 0) is 22.5 Å². The maximum absolute atomic E-state index is 14.7. The fraction of sp³-hybridized carbons (Fsp3) is 0.297. The quantitative estimate of drug-likeness (QED) is 0.148. The first-order valence-electron chi connectivity index (χ1n) is 16.1. The average Bonchev–Trinajstić information content (AvgIpc) is 3.47. The largest absolute Gasteiger partial charge is 0.464 e. The van der Waals surface area contributed by atoms with Gasteiger partial charge in [0.05, 0.1) is 18.7 Å². The Morgan fingerprint density at radius 3 is 2.38 bits per heavy atom. The predicted octanol–water partition coefficient (Wildman–Crippen LogP) is 5.96. The lowest BCUT2D eigenvalue weighted by molar-refractivity contribution is -0.145. The van der Waals surface area contributed by atoms with Crippen LogP contribution < -0.4 is 16.2 Å². The summed E-state index contributed by atoms with van der Waals surface area (Å²) >= 11 is 0. The minimum absolute atomic E-state index is 0.0198. The van der Waals surface area contributed by atoms with Crippen LogP contribution in [0.4, 0.5) is 4.39 Å². The van der Waals surface area contributed by atoms with E-state index >= 15 is 0 Å². The predicted molar refractivity (Wildman–Crippen MR) is 184 cm³/mol. The average molecular weight is 653 g/mol. The summed E-state index contributed by atoms with van der Waals surface area (Å²) in [6.45, 7) is 1.88. The van der Waals surface area contributed by atoms with E-state index in [1.807, 2.05) is 54.6 Å². The molecular weight excluding hydrogens is 614 g/mol. The van der Waals surface area contributed by atoms with Gasteiger partial charge in [-0.15, -0.1) is 9.24 Å². The number of hydrogen-bond donors (Lipinski definition) is 1. The van der Waals surface area contributed by atoms with Gasteiger partial charge in [-0.2, -0.15) is 0 Å². The van der Waals surface area contributed by atoms with Gasteiger partial charge in [-0.25, -0.2) is 14.2 Å². The maximum Gasteiger partial charge on any atom is 0.328 e. The first kappa shape index (κ1) is 32.3. The molecule has 1 aliphatic carbocycles. The van der Waals surface area contributed by atoms with Crippen LogP contribution in [0, 0.1) is 5.82 Å². The first-order chi connectivity index (χ1) is 22.8. The van der Waals surface area contributed by atoms with Crippen molar-refractivity contribution >= 4 is 37.5 Å². The van der Waals surface area contributed by atoms with Crippen molar-refractivity contribution in [1.82, 2.24) is 19.4 Å². The number of rotatable bonds is 10. The third-order valence-electron chi connectivity index (χ3n) is 8.74. The molecule has 2 aromatic heterocycles. The van der Waals surface area contributed by atoms with Crippen LogP contribution in [0.15, 0.2) is 89.7 Å². The van der Waals surface area contributed by atoms with Crippen molar-refractivity contribution in [3.63, 3.8) is 0 Å². The minimum atomic E-state index is -0.991. The zero-order valence-electron chi connectivity index (χ0n) is 26.3. The van der Waals surface area contributed by atoms with Crippen molar-refractivity contribution in [2.24, 2.45) is 0 Å². The highest BCUT2D eigenvalue weighted by Gasteiger charge is 2.29. The van der Waals surface area contributed by atoms with Crippen LogP contribution in [0.3, 0.4) is 0 Å². The van der Waals surface area contributed by atoms with Crippen LogP contribution in [0.1, 0.15) is 66.7 Å². The number of hydrogen-bond acceptors (Lipinski definition) is 5. The molecule has 0 bridgehead atoms. The summed E-state index contributed by atoms with van der Waals surface area (Å²) in [5.41, 5.74) is 2.88. The fourth-order valence-corrected chi connectivity index (χ4v) is 6.77. The maximum atomic E-state index is 14.7. The molecule has 8 nitrogen and oxygen atoms in total. The molecule has 242 valence electrons. The monoisotopic (exact) mass is 652 g/mol. The van der Waals surface area contributed by atoms with Gasteiger partial charge in [0, 0.05) is 18.0 Å². The van der Waals surface area contributed by atoms with Crippen molar-refractivity contribution in [2.75, 3.05) is 6.61 Å². The van der Waals surface area contributed by atoms with Gasteiger partial charge in [-0.05, 0) is 54.4 Å². The van der Waals surface area contributed by atoms with E-state index in [1.54, 1.807) is 25.1 Å². The van der Waals surface area contributed by atoms with E-state index in [1.165, 1.54) is 16.7 Å². The SMILES string of the molecule is CCOC(=O)C(Cc1ccccc1)NC(=O)c1cc2nc(-c3ccccc3P)n(C3CCCCC3)c2c(=O)n1Cc1ccc(F)cc1. The third kappa shape index (κ3) is 7.05. The Kier molecular flexibility index (Phi) is 9.92. The van der Waals surface area contributed by atoms with Gasteiger partial charge in [0.1, 0.15) is 28.9 Å². The highest BCUT2D eigenvalue weighted by molar-refractivity contribution is 7.28. The third-order valence-corrected chi connectivity index (χ3v) is 9.24. The number of fused-ring (bicyclic) bond motifs is 1. The summed E-state index contributed by atoms with van der Waals surface area (Å²) < 4.78 is 22.6. The lowest BCUT2D eigenvalue weighted by Gasteiger charge is -2.26. The second-order valence-corrected chi connectivity index (χ2v) is 12.6. The summed E-state index contributed by atoms with van der Waals surface area (Å²) in [6.07, 6.45) is 5.28. The topological polar surface area (TPSA) is 95.2 Å². The van der Waals surface area contributed by atoms with Crippen LogP contribution in [0.25, 0.3) is 22.4 Å². The van der Waals surface area contributed by atoms with E-state index in [0.29, 0.717) is 22.4 Å². The zero-order chi connectivity index (χ0) is 32.9. The lowest BCUT2D eigenvalue weighted by Crippen LogP contribution is -2.45. The van der Waals surface area contributed by atoms with Crippen LogP contribution >= 0.6 is 9.24 Å². The van der Waals surface area contributed by atoms with Crippen molar-refractivity contribution in [3.8, 4) is 11.4 Å². The molecule has 2 heterocycles. The number of ether oxygens (including phenoxy) is 1. The molecule has 0 aliphatic heterocycles. The molecule has 1 aliphatic rings. The molecule has 0 spiro atoms. The van der Waals surface area contributed by atoms with E-state index in [9.17, 15) is 18.8 Å². The smallest absolute Gasteiger partial charge is 0.328 e. The second-order valence-electron chi connectivity index (χ2n) is 11.9. The highest BCUT2D eigenvalue weighted by Crippen LogP contribution is 2.35. The second kappa shape index (κ2) is 14.4. The minimum Gasteiger partial charge on any atom is -0.464 e. The molecule has 1 saturated carbocycles. The molecule has 47 heavy (non-hydrogen) atoms. The van der Waals surface area contributed by atoms with Crippen molar-refractivity contribution in [3.05, 3.63) is 118 Å². The first-order valence-corrected chi connectivity index (χ1v) is 16.7. The Balaban J connectivity index is 1.52. The van der Waals surface area contributed by atoms with E-state index in [-0.39, 0.29) is 36.9 Å². The number of halogens is 1. The number of benzene rings is 3. The van der Waals surface area contributed by atoms with E-state index in [4.69, 9.17) is 9.72 Å². The van der Waals surface area contributed by atoms with Gasteiger partial charge in [-0.1, -0.05) is 86.0 Å². The van der Waals surface area contributed by atoms with Gasteiger partial charge in [-0.3, -0.25) is 14.2 Å². The molecular formula is C37H38FN4O4P. The highest BCUT2D eigenvalue weighted by atomic mass is 31.0. The van der Waals surface area contributed by atoms with Crippen molar-refractivity contribution in [1.29, 1.82) is 0 Å². The van der Waals surface area contributed by atoms with Gasteiger partial charge in [0.2, 0.25) is 0 Å². The zero-order valence-corrected chi connectivity index (χ0v) is 27.5. The normalized spacial score (nSPS) is 14.2. The van der Waals surface area contributed by atoms with Gasteiger partial charge in [0.25, 0.3) is 11.5 Å². The van der Waals surface area contributed by atoms with Crippen LogP contribution in [-0.4, -0.2) is 38.6 Å². The summed E-state index contributed by atoms with van der Waals surface area (Å²) in [5.74, 6) is -0.905. The molecule has 3 aromatic carbocycles. The number of esters is 1. The molecule has 5 aromatic rings. The Hall–Kier alpha value is -4.62. The molecule has 1 N–H and O–H groups in total. The van der Waals surface area contributed by atoms with Gasteiger partial charge in [0.15, 0.2) is 0 Å². The molecule has 1 fully saturated rings. The number of imidazole rings is 1. The lowest BCUT2D eigenvalue weighted by atomic mass is 9.95. The molecule has 0 radical (unpaired) electrons. The summed E-state index contributed by atoms with van der Waals surface area (Å²) in [5, 5.41) is 3.79. The Morgan fingerprint density at radius 1 is 0.979 bits per heavy atom. The van der Waals surface area contributed by atoms with E-state index < -0.39 is 23.7 Å². The molecule has 2 atom stereocenters. The summed E-state index contributed by atoms with van der Waals surface area (Å²) in [4.78, 5) is 46.9. The number of aromatic nitrogens is 3. The van der Waals surface area contributed by atoms with E-state index in [0.717, 1.165) is 48.5 Å². The van der Waals surface area contributed by atoms with Crippen molar-refractivity contribution in [2.45, 2.75) is 64.1 Å². The standard InChI is InChI=1S/C37H38FN4O4P/c1-2-46-37(45)30(21-24-11-5-3-6-12-24)40-35(43)31-22-29-33(36(44)41(31)23-25-17-19-26(38)20-18-25)42(27-13-7-4-8-14-27)34(39-29)28-15-9-10-16-32(28)47/h3,5-6,9-12,15-20,22,27,30H,2,4,7-8,13-14,21,23,47H2,1H3,(H,40,43). The Morgan fingerprint density at radius 2 is 1.68 bits per heavy atom. The van der Waals surface area contributed by atoms with Crippen LogP contribution in [0.2, 0.25) is 0 Å². The molecule has 10 heteroatoms. The Bertz CT molecular complexity index is 1950. The molecule has 2 unspecified atom stereocenters. The van der Waals surface area contributed by atoms with E-state index in [2.05, 4.69) is 19.1 Å².